The first-order chi connectivity index (χ1) is 7.60. The molecule has 0 aliphatic carbocycles. The molecule has 0 radical (unpaired) electrons. The SMILES string of the molecule is CCCC(=O)CSC1CC(=O)N(CC)C1=O. The summed E-state index contributed by atoms with van der Waals surface area (Å²) in [4.78, 5) is 35.7. The van der Waals surface area contributed by atoms with Crippen LogP contribution in [0.15, 0.2) is 0 Å². The van der Waals surface area contributed by atoms with Crippen LogP contribution in [0.1, 0.15) is 33.1 Å². The van der Waals surface area contributed by atoms with Gasteiger partial charge in [0.2, 0.25) is 11.8 Å². The minimum Gasteiger partial charge on any atom is -0.299 e. The zero-order valence-corrected chi connectivity index (χ0v) is 10.5. The maximum atomic E-state index is 11.7. The van der Waals surface area contributed by atoms with Gasteiger partial charge in [0.1, 0.15) is 5.78 Å². The summed E-state index contributed by atoms with van der Waals surface area (Å²) >= 11 is 1.30. The first kappa shape index (κ1) is 13.2. The monoisotopic (exact) mass is 243 g/mol. The van der Waals surface area contributed by atoms with E-state index in [0.717, 1.165) is 6.42 Å². The van der Waals surface area contributed by atoms with E-state index < -0.39 is 0 Å². The molecular formula is C11H17NO3S. The molecule has 1 aliphatic rings. The lowest BCUT2D eigenvalue weighted by molar-refractivity contribution is -0.137. The van der Waals surface area contributed by atoms with E-state index in [2.05, 4.69) is 0 Å². The molecule has 1 heterocycles. The van der Waals surface area contributed by atoms with Crippen molar-refractivity contribution in [1.29, 1.82) is 0 Å². The summed E-state index contributed by atoms with van der Waals surface area (Å²) in [5.41, 5.74) is 0. The lowest BCUT2D eigenvalue weighted by atomic mass is 10.3. The van der Waals surface area contributed by atoms with Gasteiger partial charge in [-0.1, -0.05) is 6.92 Å². The second-order valence-electron chi connectivity index (χ2n) is 3.77. The second-order valence-corrected chi connectivity index (χ2v) is 4.96. The van der Waals surface area contributed by atoms with Gasteiger partial charge in [0.25, 0.3) is 0 Å². The van der Waals surface area contributed by atoms with Crippen molar-refractivity contribution in [1.82, 2.24) is 4.90 Å². The molecule has 4 nitrogen and oxygen atoms in total. The third kappa shape index (κ3) is 3.07. The van der Waals surface area contributed by atoms with E-state index in [-0.39, 0.29) is 29.3 Å². The molecule has 0 aromatic heterocycles. The molecule has 1 unspecified atom stereocenters. The number of likely N-dealkylation sites (tertiary alicyclic amines) is 1. The molecule has 1 saturated heterocycles. The quantitative estimate of drug-likeness (QED) is 0.659. The van der Waals surface area contributed by atoms with Gasteiger partial charge >= 0.3 is 0 Å². The van der Waals surface area contributed by atoms with Crippen LogP contribution in [0, 0.1) is 0 Å². The van der Waals surface area contributed by atoms with Crippen molar-refractivity contribution in [3.05, 3.63) is 0 Å². The molecule has 0 N–H and O–H groups in total. The van der Waals surface area contributed by atoms with E-state index in [0.29, 0.717) is 18.7 Å². The molecule has 1 aliphatic heterocycles. The van der Waals surface area contributed by atoms with Crippen LogP contribution < -0.4 is 0 Å². The zero-order valence-electron chi connectivity index (χ0n) is 9.69. The number of hydrogen-bond acceptors (Lipinski definition) is 4. The highest BCUT2D eigenvalue weighted by Gasteiger charge is 2.37. The van der Waals surface area contributed by atoms with Crippen LogP contribution in [0.5, 0.6) is 0 Å². The lowest BCUT2D eigenvalue weighted by Gasteiger charge is -2.11. The van der Waals surface area contributed by atoms with Gasteiger partial charge in [-0.25, -0.2) is 0 Å². The summed E-state index contributed by atoms with van der Waals surface area (Å²) in [7, 11) is 0. The molecule has 16 heavy (non-hydrogen) atoms. The van der Waals surface area contributed by atoms with Gasteiger partial charge in [0.05, 0.1) is 11.0 Å². The number of ketones is 1. The highest BCUT2D eigenvalue weighted by atomic mass is 32.2. The van der Waals surface area contributed by atoms with E-state index in [1.54, 1.807) is 6.92 Å². The highest BCUT2D eigenvalue weighted by Crippen LogP contribution is 2.25. The van der Waals surface area contributed by atoms with Gasteiger partial charge < -0.3 is 0 Å². The molecule has 1 atom stereocenters. The van der Waals surface area contributed by atoms with Crippen LogP contribution in [0.2, 0.25) is 0 Å². The maximum Gasteiger partial charge on any atom is 0.242 e. The zero-order chi connectivity index (χ0) is 12.1. The van der Waals surface area contributed by atoms with Crippen LogP contribution in [0.4, 0.5) is 0 Å². The predicted octanol–water partition coefficient (Wildman–Crippen LogP) is 1.24. The summed E-state index contributed by atoms with van der Waals surface area (Å²) in [6.45, 7) is 4.16. The standard InChI is InChI=1S/C11H17NO3S/c1-3-5-8(13)7-16-9-6-10(14)12(4-2)11(9)15/h9H,3-7H2,1-2H3. The Morgan fingerprint density at radius 2 is 2.12 bits per heavy atom. The Balaban J connectivity index is 2.42. The Hall–Kier alpha value is -0.840. The molecule has 0 aromatic rings. The molecule has 90 valence electrons. The van der Waals surface area contributed by atoms with E-state index in [9.17, 15) is 14.4 Å². The number of carbonyl (C=O) groups is 3. The molecule has 0 aromatic carbocycles. The third-order valence-corrected chi connectivity index (χ3v) is 3.75. The molecule has 1 fully saturated rings. The largest absolute Gasteiger partial charge is 0.299 e. The van der Waals surface area contributed by atoms with Crippen molar-refractivity contribution < 1.29 is 14.4 Å². The number of nitrogens with zero attached hydrogens (tertiary/aromatic N) is 1. The molecular weight excluding hydrogens is 226 g/mol. The van der Waals surface area contributed by atoms with Crippen LogP contribution in [-0.4, -0.2) is 40.0 Å². The number of Topliss-reactive ketones (excluding diaryl/α,β-unsaturated/α-hetero) is 1. The summed E-state index contributed by atoms with van der Waals surface area (Å²) in [6, 6.07) is 0. The number of carbonyl (C=O) groups excluding carboxylic acids is 3. The predicted molar refractivity (Wildman–Crippen MR) is 63.2 cm³/mol. The van der Waals surface area contributed by atoms with Crippen LogP contribution in [0.25, 0.3) is 0 Å². The van der Waals surface area contributed by atoms with Gasteiger partial charge in [0, 0.05) is 19.4 Å². The molecule has 5 heteroatoms. The fourth-order valence-corrected chi connectivity index (χ4v) is 2.72. The molecule has 0 spiro atoms. The van der Waals surface area contributed by atoms with E-state index >= 15 is 0 Å². The number of rotatable bonds is 6. The fourth-order valence-electron chi connectivity index (χ4n) is 1.66. The van der Waals surface area contributed by atoms with Crippen molar-refractivity contribution in [2.45, 2.75) is 38.4 Å². The Morgan fingerprint density at radius 1 is 1.44 bits per heavy atom. The van der Waals surface area contributed by atoms with Crippen LogP contribution in [-0.2, 0) is 14.4 Å². The van der Waals surface area contributed by atoms with Crippen LogP contribution in [0.3, 0.4) is 0 Å². The molecule has 0 bridgehead atoms. The summed E-state index contributed by atoms with van der Waals surface area (Å²) in [6.07, 6.45) is 1.63. The normalized spacial score (nSPS) is 20.6. The third-order valence-electron chi connectivity index (χ3n) is 2.49. The molecule has 2 amide bonds. The average molecular weight is 243 g/mol. The molecule has 0 saturated carbocycles. The van der Waals surface area contributed by atoms with Crippen molar-refractivity contribution in [2.24, 2.45) is 0 Å². The van der Waals surface area contributed by atoms with E-state index in [4.69, 9.17) is 0 Å². The average Bonchev–Trinajstić information content (AvgIpc) is 2.51. The summed E-state index contributed by atoms with van der Waals surface area (Å²) in [5, 5.41) is -0.340. The van der Waals surface area contributed by atoms with Gasteiger partial charge in [-0.2, -0.15) is 0 Å². The maximum absolute atomic E-state index is 11.7. The first-order valence-electron chi connectivity index (χ1n) is 5.57. The fraction of sp³-hybridized carbons (Fsp3) is 0.727. The smallest absolute Gasteiger partial charge is 0.242 e. The minimum absolute atomic E-state index is 0.118. The van der Waals surface area contributed by atoms with Crippen molar-refractivity contribution in [2.75, 3.05) is 12.3 Å². The van der Waals surface area contributed by atoms with Crippen molar-refractivity contribution in [3.63, 3.8) is 0 Å². The van der Waals surface area contributed by atoms with E-state index in [1.165, 1.54) is 16.7 Å². The lowest BCUT2D eigenvalue weighted by Crippen LogP contribution is -2.31. The Kier molecular flexibility index (Phi) is 4.99. The Bertz CT molecular complexity index is 304. The topological polar surface area (TPSA) is 54.5 Å². The van der Waals surface area contributed by atoms with Crippen molar-refractivity contribution >= 4 is 29.4 Å². The van der Waals surface area contributed by atoms with Gasteiger partial charge in [-0.05, 0) is 13.3 Å². The first-order valence-corrected chi connectivity index (χ1v) is 6.62. The number of hydrogen-bond donors (Lipinski definition) is 0. The highest BCUT2D eigenvalue weighted by molar-refractivity contribution is 8.01. The Labute approximate surface area is 99.8 Å². The van der Waals surface area contributed by atoms with Gasteiger partial charge in [-0.3, -0.25) is 19.3 Å². The summed E-state index contributed by atoms with van der Waals surface area (Å²) < 4.78 is 0. The second kappa shape index (κ2) is 6.03. The number of imide groups is 1. The van der Waals surface area contributed by atoms with Crippen molar-refractivity contribution in [3.8, 4) is 0 Å². The van der Waals surface area contributed by atoms with Gasteiger partial charge in [-0.15, -0.1) is 11.8 Å². The minimum atomic E-state index is -0.340. The number of amides is 2. The van der Waals surface area contributed by atoms with Gasteiger partial charge in [0.15, 0.2) is 0 Å². The van der Waals surface area contributed by atoms with E-state index in [1.807, 2.05) is 6.92 Å². The number of thioether (sulfide) groups is 1. The molecule has 1 rings (SSSR count). The van der Waals surface area contributed by atoms with Crippen LogP contribution >= 0.6 is 11.8 Å². The Morgan fingerprint density at radius 3 is 2.62 bits per heavy atom. The summed E-state index contributed by atoms with van der Waals surface area (Å²) in [5.74, 6) is 0.243.